The summed E-state index contributed by atoms with van der Waals surface area (Å²) in [5.74, 6) is 0. The second-order valence-electron chi connectivity index (χ2n) is 4.44. The molecule has 0 bridgehead atoms. The van der Waals surface area contributed by atoms with E-state index >= 15 is 0 Å². The van der Waals surface area contributed by atoms with Crippen molar-refractivity contribution >= 4 is 17.4 Å². The van der Waals surface area contributed by atoms with Gasteiger partial charge in [0.2, 0.25) is 0 Å². The molecule has 0 nitrogen and oxygen atoms in total. The van der Waals surface area contributed by atoms with Gasteiger partial charge in [0.05, 0.1) is 0 Å². The van der Waals surface area contributed by atoms with Gasteiger partial charge in [0.1, 0.15) is 0 Å². The van der Waals surface area contributed by atoms with Crippen molar-refractivity contribution in [2.75, 3.05) is 0 Å². The van der Waals surface area contributed by atoms with E-state index in [4.69, 9.17) is 0 Å². The molecule has 1 aromatic carbocycles. The average Bonchev–Trinajstić information content (AvgIpc) is 2.78. The van der Waals surface area contributed by atoms with E-state index in [0.29, 0.717) is 0 Å². The third-order valence-electron chi connectivity index (χ3n) is 3.03. The van der Waals surface area contributed by atoms with Gasteiger partial charge in [-0.1, -0.05) is 36.4 Å². The number of thiophene rings is 1. The van der Waals surface area contributed by atoms with Gasteiger partial charge >= 0.3 is 0 Å². The minimum Gasteiger partial charge on any atom is -0.141 e. The van der Waals surface area contributed by atoms with E-state index in [1.54, 1.807) is 0 Å². The van der Waals surface area contributed by atoms with Crippen LogP contribution in [0.15, 0.2) is 36.9 Å². The van der Waals surface area contributed by atoms with Gasteiger partial charge < -0.3 is 0 Å². The van der Waals surface area contributed by atoms with E-state index in [-0.39, 0.29) is 0 Å². The van der Waals surface area contributed by atoms with Crippen molar-refractivity contribution < 1.29 is 0 Å². The zero-order chi connectivity index (χ0) is 12.3. The molecule has 17 heavy (non-hydrogen) atoms. The Hall–Kier alpha value is -1.34. The lowest BCUT2D eigenvalue weighted by Gasteiger charge is -2.06. The second-order valence-corrected chi connectivity index (χ2v) is 5.64. The predicted molar refractivity (Wildman–Crippen MR) is 77.7 cm³/mol. The fourth-order valence-corrected chi connectivity index (χ4v) is 2.83. The van der Waals surface area contributed by atoms with E-state index < -0.39 is 0 Å². The average molecular weight is 242 g/mol. The molecule has 0 aliphatic heterocycles. The van der Waals surface area contributed by atoms with Crippen molar-refractivity contribution in [1.82, 2.24) is 0 Å². The summed E-state index contributed by atoms with van der Waals surface area (Å²) in [5, 5.41) is 0. The minimum absolute atomic E-state index is 1.13. The number of hydrogen-bond donors (Lipinski definition) is 0. The third kappa shape index (κ3) is 3.07. The predicted octanol–water partition coefficient (Wildman–Crippen LogP) is 4.79. The molecule has 88 valence electrons. The lowest BCUT2D eigenvalue weighted by atomic mass is 10.0. The topological polar surface area (TPSA) is 0 Å². The van der Waals surface area contributed by atoms with Crippen LogP contribution in [0.2, 0.25) is 0 Å². The van der Waals surface area contributed by atoms with Crippen molar-refractivity contribution in [2.45, 2.75) is 26.7 Å². The number of benzene rings is 1. The quantitative estimate of drug-likeness (QED) is 0.723. The summed E-state index contributed by atoms with van der Waals surface area (Å²) in [6, 6.07) is 11.1. The molecular weight excluding hydrogens is 224 g/mol. The smallest absolute Gasteiger partial charge is 0.0267 e. The summed E-state index contributed by atoms with van der Waals surface area (Å²) in [5.41, 5.74) is 4.22. The summed E-state index contributed by atoms with van der Waals surface area (Å²) in [4.78, 5) is 2.71. The van der Waals surface area contributed by atoms with Crippen molar-refractivity contribution in [3.05, 3.63) is 63.4 Å². The zero-order valence-electron chi connectivity index (χ0n) is 10.5. The summed E-state index contributed by atoms with van der Waals surface area (Å²) < 4.78 is 0. The van der Waals surface area contributed by atoms with Gasteiger partial charge in [-0.25, -0.2) is 0 Å². The van der Waals surface area contributed by atoms with E-state index in [1.165, 1.54) is 26.4 Å². The Kier molecular flexibility index (Phi) is 3.80. The fourth-order valence-electron chi connectivity index (χ4n) is 1.97. The van der Waals surface area contributed by atoms with E-state index in [1.807, 2.05) is 17.4 Å². The van der Waals surface area contributed by atoms with Crippen LogP contribution in [-0.4, -0.2) is 0 Å². The Morgan fingerprint density at radius 2 is 1.94 bits per heavy atom. The van der Waals surface area contributed by atoms with Crippen molar-refractivity contribution in [3.8, 4) is 0 Å². The van der Waals surface area contributed by atoms with E-state index in [2.05, 4.69) is 50.8 Å². The minimum atomic E-state index is 1.13. The van der Waals surface area contributed by atoms with Crippen LogP contribution in [0.25, 0.3) is 6.08 Å². The SMILES string of the molecule is C=Cc1ccc(CCc2cc(C)ccc2C)s1. The molecule has 0 fully saturated rings. The third-order valence-corrected chi connectivity index (χ3v) is 4.17. The number of hydrogen-bond acceptors (Lipinski definition) is 1. The molecule has 1 aromatic heterocycles. The highest BCUT2D eigenvalue weighted by atomic mass is 32.1. The summed E-state index contributed by atoms with van der Waals surface area (Å²) >= 11 is 1.84. The normalized spacial score (nSPS) is 10.5. The van der Waals surface area contributed by atoms with Crippen molar-refractivity contribution in [2.24, 2.45) is 0 Å². The molecule has 1 heteroatoms. The largest absolute Gasteiger partial charge is 0.141 e. The Morgan fingerprint density at radius 1 is 1.12 bits per heavy atom. The Bertz CT molecular complexity index is 520. The van der Waals surface area contributed by atoms with Gasteiger partial charge in [-0.05, 0) is 49.9 Å². The molecule has 0 radical (unpaired) electrons. The second kappa shape index (κ2) is 5.33. The van der Waals surface area contributed by atoms with E-state index in [9.17, 15) is 0 Å². The van der Waals surface area contributed by atoms with Crippen molar-refractivity contribution in [3.63, 3.8) is 0 Å². The molecule has 0 saturated heterocycles. The molecule has 2 aromatic rings. The Balaban J connectivity index is 2.06. The highest BCUT2D eigenvalue weighted by Crippen LogP contribution is 2.20. The summed E-state index contributed by atoms with van der Waals surface area (Å²) in [6.07, 6.45) is 4.18. The van der Waals surface area contributed by atoms with Gasteiger partial charge in [0.25, 0.3) is 0 Å². The van der Waals surface area contributed by atoms with Gasteiger partial charge in [-0.2, -0.15) is 0 Å². The van der Waals surface area contributed by atoms with Crippen LogP contribution >= 0.6 is 11.3 Å². The first-order valence-electron chi connectivity index (χ1n) is 5.96. The molecule has 2 rings (SSSR count). The molecule has 0 aliphatic carbocycles. The van der Waals surface area contributed by atoms with Gasteiger partial charge in [0.15, 0.2) is 0 Å². The maximum atomic E-state index is 3.80. The maximum absolute atomic E-state index is 3.80. The molecule has 0 spiro atoms. The highest BCUT2D eigenvalue weighted by molar-refractivity contribution is 7.12. The van der Waals surface area contributed by atoms with Crippen LogP contribution in [0.1, 0.15) is 26.4 Å². The van der Waals surface area contributed by atoms with Crippen LogP contribution in [0.4, 0.5) is 0 Å². The highest BCUT2D eigenvalue weighted by Gasteiger charge is 2.02. The molecule has 0 unspecified atom stereocenters. The molecule has 0 N–H and O–H groups in total. The molecular formula is C16H18S. The van der Waals surface area contributed by atoms with Gasteiger partial charge in [0, 0.05) is 9.75 Å². The van der Waals surface area contributed by atoms with Gasteiger partial charge in [-0.3, -0.25) is 0 Å². The molecule has 1 heterocycles. The number of aryl methyl sites for hydroxylation is 4. The first-order valence-corrected chi connectivity index (χ1v) is 6.78. The van der Waals surface area contributed by atoms with Gasteiger partial charge in [-0.15, -0.1) is 11.3 Å². The Morgan fingerprint density at radius 3 is 2.65 bits per heavy atom. The van der Waals surface area contributed by atoms with Crippen LogP contribution in [-0.2, 0) is 12.8 Å². The maximum Gasteiger partial charge on any atom is 0.0267 e. The molecule has 0 amide bonds. The van der Waals surface area contributed by atoms with Crippen LogP contribution in [0, 0.1) is 13.8 Å². The first kappa shape index (κ1) is 12.1. The van der Waals surface area contributed by atoms with Crippen LogP contribution in [0.3, 0.4) is 0 Å². The van der Waals surface area contributed by atoms with E-state index in [0.717, 1.165) is 12.8 Å². The lowest BCUT2D eigenvalue weighted by Crippen LogP contribution is -1.93. The Labute approximate surface area is 108 Å². The van der Waals surface area contributed by atoms with Crippen LogP contribution < -0.4 is 0 Å². The fraction of sp³-hybridized carbons (Fsp3) is 0.250. The monoisotopic (exact) mass is 242 g/mol. The molecule has 0 aliphatic rings. The molecule has 0 atom stereocenters. The van der Waals surface area contributed by atoms with Crippen LogP contribution in [0.5, 0.6) is 0 Å². The van der Waals surface area contributed by atoms with Crippen molar-refractivity contribution in [1.29, 1.82) is 0 Å². The molecule has 0 saturated carbocycles. The first-order chi connectivity index (χ1) is 8.19. The summed E-state index contributed by atoms with van der Waals surface area (Å²) in [6.45, 7) is 8.15. The zero-order valence-corrected chi connectivity index (χ0v) is 11.3. The number of rotatable bonds is 4. The lowest BCUT2D eigenvalue weighted by molar-refractivity contribution is 0.965. The summed E-state index contributed by atoms with van der Waals surface area (Å²) in [7, 11) is 0. The standard InChI is InChI=1S/C16H18S/c1-4-15-9-10-16(17-15)8-7-14-11-12(2)5-6-13(14)3/h4-6,9-11H,1,7-8H2,2-3H3.